The molecule has 4 heteroatoms. The Balaban J connectivity index is 2.26. The van der Waals surface area contributed by atoms with Crippen LogP contribution in [0.3, 0.4) is 0 Å². The summed E-state index contributed by atoms with van der Waals surface area (Å²) in [5.74, 6) is 0.874. The highest BCUT2D eigenvalue weighted by molar-refractivity contribution is 7.16. The molecule has 0 aliphatic carbocycles. The molecule has 0 saturated heterocycles. The average Bonchev–Trinajstić information content (AvgIpc) is 2.82. The van der Waals surface area contributed by atoms with Gasteiger partial charge in [0.15, 0.2) is 0 Å². The summed E-state index contributed by atoms with van der Waals surface area (Å²) in [7, 11) is 0. The molecular weight excluding hydrogens is 254 g/mol. The second-order valence-electron chi connectivity index (χ2n) is 5.06. The molecule has 2 aromatic heterocycles. The number of aromatic nitrogens is 2. The van der Waals surface area contributed by atoms with E-state index in [9.17, 15) is 0 Å². The van der Waals surface area contributed by atoms with Crippen molar-refractivity contribution in [3.05, 3.63) is 33.7 Å². The zero-order chi connectivity index (χ0) is 13.7. The molecule has 0 aliphatic rings. The molecule has 98 valence electrons. The fraction of sp³-hybridized carbons (Fsp3) is 0.267. The van der Waals surface area contributed by atoms with Gasteiger partial charge in [0.2, 0.25) is 0 Å². The molecule has 2 heterocycles. The minimum absolute atomic E-state index is 0.836. The van der Waals surface area contributed by atoms with Crippen LogP contribution >= 0.6 is 11.3 Å². The predicted molar refractivity (Wildman–Crippen MR) is 82.8 cm³/mol. The molecule has 0 spiro atoms. The number of H-pyrrole nitrogens is 1. The Bertz CT molecular complexity index is 741. The van der Waals surface area contributed by atoms with Crippen molar-refractivity contribution in [3.63, 3.8) is 0 Å². The highest BCUT2D eigenvalue weighted by atomic mass is 32.1. The lowest BCUT2D eigenvalue weighted by atomic mass is 10.1. The van der Waals surface area contributed by atoms with Gasteiger partial charge in [-0.1, -0.05) is 0 Å². The van der Waals surface area contributed by atoms with Crippen molar-refractivity contribution in [1.82, 2.24) is 9.97 Å². The molecule has 3 aromatic rings. The highest BCUT2D eigenvalue weighted by Crippen LogP contribution is 2.37. The molecule has 0 amide bonds. The van der Waals surface area contributed by atoms with Crippen molar-refractivity contribution >= 4 is 27.4 Å². The second-order valence-corrected chi connectivity index (χ2v) is 6.32. The maximum absolute atomic E-state index is 6.11. The topological polar surface area (TPSA) is 54.7 Å². The molecule has 1 aromatic carbocycles. The average molecular weight is 271 g/mol. The summed E-state index contributed by atoms with van der Waals surface area (Å²) in [6.07, 6.45) is 0. The number of aryl methyl sites for hydroxylation is 3. The lowest BCUT2D eigenvalue weighted by molar-refractivity contribution is 1.31. The van der Waals surface area contributed by atoms with E-state index in [4.69, 9.17) is 10.7 Å². The van der Waals surface area contributed by atoms with Gasteiger partial charge in [-0.15, -0.1) is 11.3 Å². The third-order valence-electron chi connectivity index (χ3n) is 3.75. The first-order valence-electron chi connectivity index (χ1n) is 6.30. The van der Waals surface area contributed by atoms with Crippen molar-refractivity contribution < 1.29 is 0 Å². The Morgan fingerprint density at radius 3 is 2.42 bits per heavy atom. The molecule has 0 aliphatic heterocycles. The zero-order valence-corrected chi connectivity index (χ0v) is 12.4. The first-order valence-corrected chi connectivity index (χ1v) is 7.12. The van der Waals surface area contributed by atoms with Gasteiger partial charge in [0, 0.05) is 4.88 Å². The molecule has 0 atom stereocenters. The lowest BCUT2D eigenvalue weighted by Gasteiger charge is -1.97. The van der Waals surface area contributed by atoms with Gasteiger partial charge in [-0.3, -0.25) is 0 Å². The highest BCUT2D eigenvalue weighted by Gasteiger charge is 2.16. The minimum Gasteiger partial charge on any atom is -0.390 e. The van der Waals surface area contributed by atoms with Gasteiger partial charge < -0.3 is 10.7 Å². The number of hydrogen-bond acceptors (Lipinski definition) is 3. The molecular formula is C15H17N3S. The van der Waals surface area contributed by atoms with Crippen LogP contribution in [-0.4, -0.2) is 9.97 Å². The standard InChI is InChI=1S/C15H17N3S/c1-7-5-11-12(6-8(7)2)18-15(17-11)13-9(3)10(4)19-14(13)16/h5-6H,16H2,1-4H3,(H,17,18). The second kappa shape index (κ2) is 4.10. The maximum Gasteiger partial charge on any atom is 0.141 e. The number of nitrogen functional groups attached to an aromatic ring is 1. The number of imidazole rings is 1. The number of fused-ring (bicyclic) bond motifs is 1. The molecule has 19 heavy (non-hydrogen) atoms. The molecule has 0 bridgehead atoms. The Labute approximate surface area is 116 Å². The minimum atomic E-state index is 0.836. The number of aromatic amines is 1. The smallest absolute Gasteiger partial charge is 0.141 e. The summed E-state index contributed by atoms with van der Waals surface area (Å²) in [6.45, 7) is 8.42. The summed E-state index contributed by atoms with van der Waals surface area (Å²) >= 11 is 1.62. The van der Waals surface area contributed by atoms with Crippen LogP contribution in [0, 0.1) is 27.7 Å². The fourth-order valence-electron chi connectivity index (χ4n) is 2.34. The van der Waals surface area contributed by atoms with Crippen LogP contribution in [-0.2, 0) is 0 Å². The number of nitrogens with one attached hydrogen (secondary N) is 1. The van der Waals surface area contributed by atoms with E-state index in [1.165, 1.54) is 21.6 Å². The molecule has 3 N–H and O–H groups in total. The number of rotatable bonds is 1. The van der Waals surface area contributed by atoms with E-state index in [0.29, 0.717) is 0 Å². The van der Waals surface area contributed by atoms with Gasteiger partial charge in [0.25, 0.3) is 0 Å². The molecule has 3 nitrogen and oxygen atoms in total. The molecule has 0 unspecified atom stereocenters. The van der Waals surface area contributed by atoms with Gasteiger partial charge in [-0.25, -0.2) is 4.98 Å². The molecule has 3 rings (SSSR count). The van der Waals surface area contributed by atoms with E-state index in [0.717, 1.165) is 27.4 Å². The molecule has 0 fully saturated rings. The third-order valence-corrected chi connectivity index (χ3v) is 4.78. The lowest BCUT2D eigenvalue weighted by Crippen LogP contribution is -1.87. The van der Waals surface area contributed by atoms with Crippen molar-refractivity contribution in [2.45, 2.75) is 27.7 Å². The first-order chi connectivity index (χ1) is 8.97. The SMILES string of the molecule is Cc1cc2nc(-c3c(N)sc(C)c3C)[nH]c2cc1C. The Morgan fingerprint density at radius 2 is 1.79 bits per heavy atom. The van der Waals surface area contributed by atoms with Gasteiger partial charge in [0.05, 0.1) is 21.6 Å². The zero-order valence-electron chi connectivity index (χ0n) is 11.6. The maximum atomic E-state index is 6.11. The summed E-state index contributed by atoms with van der Waals surface area (Å²) in [6, 6.07) is 4.27. The summed E-state index contributed by atoms with van der Waals surface area (Å²) in [5, 5.41) is 0.836. The van der Waals surface area contributed by atoms with E-state index in [-0.39, 0.29) is 0 Å². The van der Waals surface area contributed by atoms with E-state index in [1.807, 2.05) is 0 Å². The summed E-state index contributed by atoms with van der Waals surface area (Å²) in [4.78, 5) is 9.33. The van der Waals surface area contributed by atoms with Crippen molar-refractivity contribution in [1.29, 1.82) is 0 Å². The van der Waals surface area contributed by atoms with Crippen molar-refractivity contribution in [2.75, 3.05) is 5.73 Å². The van der Waals surface area contributed by atoms with E-state index in [1.54, 1.807) is 11.3 Å². The Morgan fingerprint density at radius 1 is 1.11 bits per heavy atom. The normalized spacial score (nSPS) is 11.4. The summed E-state index contributed by atoms with van der Waals surface area (Å²) < 4.78 is 0. The number of nitrogens with two attached hydrogens (primary N) is 1. The van der Waals surface area contributed by atoms with Gasteiger partial charge in [0.1, 0.15) is 5.82 Å². The fourth-order valence-corrected chi connectivity index (χ4v) is 3.27. The van der Waals surface area contributed by atoms with Crippen molar-refractivity contribution in [3.8, 4) is 11.4 Å². The summed E-state index contributed by atoms with van der Waals surface area (Å²) in [5.41, 5.74) is 13.0. The van der Waals surface area contributed by atoms with Crippen LogP contribution < -0.4 is 5.73 Å². The van der Waals surface area contributed by atoms with Crippen LogP contribution in [0.4, 0.5) is 5.00 Å². The van der Waals surface area contributed by atoms with Crippen LogP contribution in [0.1, 0.15) is 21.6 Å². The largest absolute Gasteiger partial charge is 0.390 e. The van der Waals surface area contributed by atoms with Gasteiger partial charge >= 0.3 is 0 Å². The van der Waals surface area contributed by atoms with Crippen molar-refractivity contribution in [2.24, 2.45) is 0 Å². The molecule has 0 radical (unpaired) electrons. The third kappa shape index (κ3) is 1.83. The van der Waals surface area contributed by atoms with Crippen LogP contribution in [0.5, 0.6) is 0 Å². The van der Waals surface area contributed by atoms with E-state index in [2.05, 4.69) is 44.8 Å². The van der Waals surface area contributed by atoms with E-state index < -0.39 is 0 Å². The first kappa shape index (κ1) is 12.2. The number of anilines is 1. The van der Waals surface area contributed by atoms with E-state index >= 15 is 0 Å². The predicted octanol–water partition coefficient (Wildman–Crippen LogP) is 4.11. The number of benzene rings is 1. The van der Waals surface area contributed by atoms with Crippen LogP contribution in [0.15, 0.2) is 12.1 Å². The Kier molecular flexibility index (Phi) is 2.64. The molecule has 0 saturated carbocycles. The quantitative estimate of drug-likeness (QED) is 0.700. The number of hydrogen-bond donors (Lipinski definition) is 2. The van der Waals surface area contributed by atoms with Gasteiger partial charge in [-0.05, 0) is 56.5 Å². The Hall–Kier alpha value is -1.81. The van der Waals surface area contributed by atoms with Crippen LogP contribution in [0.25, 0.3) is 22.4 Å². The monoisotopic (exact) mass is 271 g/mol. The van der Waals surface area contributed by atoms with Crippen LogP contribution in [0.2, 0.25) is 0 Å². The number of thiophene rings is 1. The number of nitrogens with zero attached hydrogens (tertiary/aromatic N) is 1. The van der Waals surface area contributed by atoms with Gasteiger partial charge in [-0.2, -0.15) is 0 Å².